The average Bonchev–Trinajstić information content (AvgIpc) is 3.26. The van der Waals surface area contributed by atoms with Crippen molar-refractivity contribution in [3.05, 3.63) is 35.4 Å². The molecule has 2 fully saturated rings. The molecule has 0 bridgehead atoms. The minimum Gasteiger partial charge on any atom is -0.353 e. The zero-order valence-electron chi connectivity index (χ0n) is 14.3. The fourth-order valence-corrected chi connectivity index (χ4v) is 3.31. The molecule has 1 aliphatic carbocycles. The number of hydrogen-bond donors (Lipinski definition) is 1. The monoisotopic (exact) mass is 449 g/mol. The Labute approximate surface area is 159 Å². The highest BCUT2D eigenvalue weighted by Gasteiger charge is 2.43. The predicted molar refractivity (Wildman–Crippen MR) is 104 cm³/mol. The number of hydrogen-bond acceptors (Lipinski definition) is 1. The molecule has 24 heavy (non-hydrogen) atoms. The summed E-state index contributed by atoms with van der Waals surface area (Å²) in [6, 6.07) is 4.16. The van der Waals surface area contributed by atoms with Gasteiger partial charge in [-0.05, 0) is 44.2 Å². The van der Waals surface area contributed by atoms with E-state index in [1.807, 2.05) is 6.92 Å². The van der Waals surface area contributed by atoms with Crippen LogP contribution >= 0.6 is 24.0 Å². The lowest BCUT2D eigenvalue weighted by atomic mass is 9.99. The number of piperidine rings is 1. The lowest BCUT2D eigenvalue weighted by molar-refractivity contribution is 0.273. The van der Waals surface area contributed by atoms with Crippen LogP contribution in [0.3, 0.4) is 0 Å². The van der Waals surface area contributed by atoms with Crippen LogP contribution in [0.25, 0.3) is 0 Å². The second-order valence-electron chi connectivity index (χ2n) is 6.70. The van der Waals surface area contributed by atoms with Crippen molar-refractivity contribution in [2.24, 2.45) is 10.9 Å². The van der Waals surface area contributed by atoms with Gasteiger partial charge in [0.1, 0.15) is 11.6 Å². The van der Waals surface area contributed by atoms with Crippen LogP contribution in [0.4, 0.5) is 8.78 Å². The van der Waals surface area contributed by atoms with Crippen LogP contribution in [0.2, 0.25) is 0 Å². The van der Waals surface area contributed by atoms with Crippen LogP contribution in [0.1, 0.15) is 44.6 Å². The molecule has 1 aromatic rings. The number of likely N-dealkylation sites (tertiary alicyclic amines) is 1. The summed E-state index contributed by atoms with van der Waals surface area (Å²) >= 11 is 0. The van der Waals surface area contributed by atoms with E-state index < -0.39 is 11.6 Å². The zero-order chi connectivity index (χ0) is 16.4. The number of aliphatic imine (C=N–C) groups is 1. The van der Waals surface area contributed by atoms with E-state index in [9.17, 15) is 8.78 Å². The Balaban J connectivity index is 0.00000208. The molecule has 1 saturated heterocycles. The van der Waals surface area contributed by atoms with E-state index in [2.05, 4.69) is 22.1 Å². The van der Waals surface area contributed by atoms with Gasteiger partial charge in [0, 0.05) is 37.2 Å². The van der Waals surface area contributed by atoms with E-state index in [0.717, 1.165) is 31.4 Å². The van der Waals surface area contributed by atoms with Crippen LogP contribution < -0.4 is 5.32 Å². The van der Waals surface area contributed by atoms with Gasteiger partial charge in [-0.25, -0.2) is 8.78 Å². The molecule has 2 atom stereocenters. The largest absolute Gasteiger partial charge is 0.353 e. The van der Waals surface area contributed by atoms with Gasteiger partial charge in [-0.1, -0.05) is 13.0 Å². The van der Waals surface area contributed by atoms with Crippen molar-refractivity contribution < 1.29 is 8.78 Å². The normalized spacial score (nSPS) is 24.5. The summed E-state index contributed by atoms with van der Waals surface area (Å²) in [5.74, 6) is 0.668. The Morgan fingerprint density at radius 1 is 1.25 bits per heavy atom. The molecular weight excluding hydrogens is 423 g/mol. The Morgan fingerprint density at radius 3 is 2.46 bits per heavy atom. The van der Waals surface area contributed by atoms with Gasteiger partial charge in [0.05, 0.1) is 0 Å². The van der Waals surface area contributed by atoms with E-state index in [-0.39, 0.29) is 41.5 Å². The molecule has 0 radical (unpaired) electrons. The fraction of sp³-hybridized carbons (Fsp3) is 0.611. The van der Waals surface area contributed by atoms with Crippen LogP contribution in [-0.4, -0.2) is 36.5 Å². The molecule has 0 spiro atoms. The first-order valence-corrected chi connectivity index (χ1v) is 8.60. The average molecular weight is 449 g/mol. The first-order valence-electron chi connectivity index (χ1n) is 8.60. The molecule has 2 aliphatic rings. The molecule has 3 rings (SSSR count). The second kappa shape index (κ2) is 8.45. The molecule has 134 valence electrons. The summed E-state index contributed by atoms with van der Waals surface area (Å²) in [6.07, 6.45) is 3.09. The van der Waals surface area contributed by atoms with E-state index in [1.54, 1.807) is 0 Å². The van der Waals surface area contributed by atoms with E-state index in [0.29, 0.717) is 6.54 Å². The highest BCUT2D eigenvalue weighted by Crippen LogP contribution is 2.43. The lowest BCUT2D eigenvalue weighted by Gasteiger charge is -2.33. The number of benzene rings is 1. The summed E-state index contributed by atoms with van der Waals surface area (Å²) in [6.45, 7) is 6.99. The summed E-state index contributed by atoms with van der Waals surface area (Å²) in [4.78, 5) is 6.84. The topological polar surface area (TPSA) is 27.6 Å². The maximum Gasteiger partial charge on any atom is 0.194 e. The Bertz CT molecular complexity index is 565. The summed E-state index contributed by atoms with van der Waals surface area (Å²) < 4.78 is 27.8. The summed E-state index contributed by atoms with van der Waals surface area (Å²) in [7, 11) is 0. The third-order valence-electron chi connectivity index (χ3n) is 4.87. The van der Waals surface area contributed by atoms with Crippen LogP contribution in [0.15, 0.2) is 23.2 Å². The molecule has 6 heteroatoms. The van der Waals surface area contributed by atoms with Gasteiger partial charge in [0.25, 0.3) is 0 Å². The maximum atomic E-state index is 13.9. The smallest absolute Gasteiger partial charge is 0.194 e. The van der Waals surface area contributed by atoms with Crippen molar-refractivity contribution in [1.29, 1.82) is 0 Å². The molecule has 2 unspecified atom stereocenters. The van der Waals surface area contributed by atoms with Gasteiger partial charge in [-0.2, -0.15) is 0 Å². The van der Waals surface area contributed by atoms with Gasteiger partial charge in [-0.3, -0.25) is 4.99 Å². The SMILES string of the molecule is CCN=C(NC1CC1c1c(F)cccc1F)N1CCC(C)CC1.I. The van der Waals surface area contributed by atoms with Crippen molar-refractivity contribution in [2.45, 2.75) is 45.1 Å². The number of rotatable bonds is 3. The van der Waals surface area contributed by atoms with E-state index >= 15 is 0 Å². The number of nitrogens with zero attached hydrogens (tertiary/aromatic N) is 2. The zero-order valence-corrected chi connectivity index (χ0v) is 16.6. The highest BCUT2D eigenvalue weighted by atomic mass is 127. The third kappa shape index (κ3) is 4.37. The quantitative estimate of drug-likeness (QED) is 0.427. The number of guanidine groups is 1. The first kappa shape index (κ1) is 19.4. The molecule has 1 saturated carbocycles. The molecule has 1 N–H and O–H groups in total. The summed E-state index contributed by atoms with van der Waals surface area (Å²) in [5, 5.41) is 3.42. The maximum absolute atomic E-state index is 13.9. The Morgan fingerprint density at radius 2 is 1.88 bits per heavy atom. The standard InChI is InChI=1S/C18H25F2N3.HI/c1-3-21-18(23-9-7-12(2)8-10-23)22-16-11-13(16)17-14(19)5-4-6-15(17)20;/h4-6,12-13,16H,3,7-11H2,1-2H3,(H,21,22);1H. The van der Waals surface area contributed by atoms with Crippen molar-refractivity contribution >= 4 is 29.9 Å². The van der Waals surface area contributed by atoms with Crippen molar-refractivity contribution in [3.63, 3.8) is 0 Å². The third-order valence-corrected chi connectivity index (χ3v) is 4.87. The van der Waals surface area contributed by atoms with Crippen molar-refractivity contribution in [1.82, 2.24) is 10.2 Å². The molecule has 0 amide bonds. The minimum absolute atomic E-state index is 0. The van der Waals surface area contributed by atoms with Gasteiger partial charge in [-0.15, -0.1) is 24.0 Å². The van der Waals surface area contributed by atoms with Crippen molar-refractivity contribution in [2.75, 3.05) is 19.6 Å². The van der Waals surface area contributed by atoms with Crippen LogP contribution in [-0.2, 0) is 0 Å². The van der Waals surface area contributed by atoms with E-state index in [1.165, 1.54) is 31.0 Å². The van der Waals surface area contributed by atoms with Crippen molar-refractivity contribution in [3.8, 4) is 0 Å². The van der Waals surface area contributed by atoms with Crippen LogP contribution in [0, 0.1) is 17.6 Å². The molecule has 1 heterocycles. The molecule has 3 nitrogen and oxygen atoms in total. The minimum atomic E-state index is -0.444. The molecular formula is C18H26F2IN3. The lowest BCUT2D eigenvalue weighted by Crippen LogP contribution is -2.46. The predicted octanol–water partition coefficient (Wildman–Crippen LogP) is 4.14. The van der Waals surface area contributed by atoms with Gasteiger partial charge in [0.15, 0.2) is 5.96 Å². The summed E-state index contributed by atoms with van der Waals surface area (Å²) in [5.41, 5.74) is 0.216. The highest BCUT2D eigenvalue weighted by molar-refractivity contribution is 14.0. The second-order valence-corrected chi connectivity index (χ2v) is 6.70. The first-order chi connectivity index (χ1) is 11.1. The Hall–Kier alpha value is -0.920. The van der Waals surface area contributed by atoms with Gasteiger partial charge in [0.2, 0.25) is 0 Å². The molecule has 1 aliphatic heterocycles. The van der Waals surface area contributed by atoms with E-state index in [4.69, 9.17) is 0 Å². The number of halogens is 3. The van der Waals surface area contributed by atoms with Gasteiger partial charge < -0.3 is 10.2 Å². The Kier molecular flexibility index (Phi) is 6.83. The fourth-order valence-electron chi connectivity index (χ4n) is 3.31. The number of nitrogens with one attached hydrogen (secondary N) is 1. The van der Waals surface area contributed by atoms with Crippen LogP contribution in [0.5, 0.6) is 0 Å². The molecule has 1 aromatic carbocycles. The molecule has 0 aromatic heterocycles. The van der Waals surface area contributed by atoms with Gasteiger partial charge >= 0.3 is 0 Å².